The van der Waals surface area contributed by atoms with Crippen LogP contribution in [-0.4, -0.2) is 32.6 Å². The molecule has 23 heavy (non-hydrogen) atoms. The van der Waals surface area contributed by atoms with E-state index in [-0.39, 0.29) is 24.5 Å². The van der Waals surface area contributed by atoms with Gasteiger partial charge in [0.2, 0.25) is 5.82 Å². The fourth-order valence-electron chi connectivity index (χ4n) is 1.98. The third kappa shape index (κ3) is 3.42. The van der Waals surface area contributed by atoms with Gasteiger partial charge in [0.15, 0.2) is 0 Å². The molecule has 0 spiro atoms. The molecule has 2 heterocycles. The number of hydrogen-bond acceptors (Lipinski definition) is 5. The number of carbonyl (C=O) groups is 1. The summed E-state index contributed by atoms with van der Waals surface area (Å²) in [6.07, 6.45) is 1.05. The zero-order chi connectivity index (χ0) is 16.2. The quantitative estimate of drug-likeness (QED) is 0.792. The lowest BCUT2D eigenvalue weighted by atomic mass is 10.2. The summed E-state index contributed by atoms with van der Waals surface area (Å²) in [5.74, 6) is -2.09. The van der Waals surface area contributed by atoms with Crippen molar-refractivity contribution in [1.82, 2.24) is 25.5 Å². The molecule has 116 valence electrons. The maximum absolute atomic E-state index is 13.4. The molecule has 1 amide bonds. The Morgan fingerprint density at radius 2 is 1.91 bits per heavy atom. The van der Waals surface area contributed by atoms with Gasteiger partial charge < -0.3 is 5.32 Å². The van der Waals surface area contributed by atoms with Crippen molar-refractivity contribution in [2.75, 3.05) is 6.54 Å². The van der Waals surface area contributed by atoms with Crippen LogP contribution < -0.4 is 5.32 Å². The van der Waals surface area contributed by atoms with Crippen LogP contribution in [0.15, 0.2) is 36.5 Å². The molecule has 0 radical (unpaired) electrons. The number of amides is 1. The van der Waals surface area contributed by atoms with Gasteiger partial charge >= 0.3 is 0 Å². The van der Waals surface area contributed by atoms with Crippen LogP contribution in [0.25, 0.3) is 11.0 Å². The number of hydrogen-bond donors (Lipinski definition) is 1. The second-order valence-electron chi connectivity index (χ2n) is 4.71. The zero-order valence-electron chi connectivity index (χ0n) is 11.8. The number of halogens is 2. The molecule has 1 aromatic carbocycles. The molecule has 0 saturated carbocycles. The molecule has 1 N–H and O–H groups in total. The number of carbonyl (C=O) groups excluding carboxylic acids is 1. The van der Waals surface area contributed by atoms with Crippen molar-refractivity contribution in [1.29, 1.82) is 0 Å². The molecule has 0 aliphatic rings. The first-order valence-electron chi connectivity index (χ1n) is 6.81. The van der Waals surface area contributed by atoms with Crippen LogP contribution in [0.4, 0.5) is 8.78 Å². The van der Waals surface area contributed by atoms with E-state index in [9.17, 15) is 13.6 Å². The molecule has 0 aliphatic carbocycles. The van der Waals surface area contributed by atoms with E-state index in [2.05, 4.69) is 25.5 Å². The molecule has 8 heteroatoms. The van der Waals surface area contributed by atoms with Gasteiger partial charge in [-0.2, -0.15) is 0 Å². The number of nitrogens with one attached hydrogen (secondary N) is 1. The normalized spacial score (nSPS) is 10.7. The van der Waals surface area contributed by atoms with Crippen molar-refractivity contribution in [2.45, 2.75) is 6.42 Å². The van der Waals surface area contributed by atoms with Crippen molar-refractivity contribution in [3.63, 3.8) is 0 Å². The summed E-state index contributed by atoms with van der Waals surface area (Å²) in [7, 11) is 0. The molecule has 0 aliphatic heterocycles. The predicted octanol–water partition coefficient (Wildman–Crippen LogP) is 1.67. The molecular formula is C15H11F2N5O. The molecule has 6 nitrogen and oxygen atoms in total. The summed E-state index contributed by atoms with van der Waals surface area (Å²) in [5, 5.41) is 10.2. The van der Waals surface area contributed by atoms with E-state index in [1.807, 2.05) is 0 Å². The molecule has 0 atom stereocenters. The summed E-state index contributed by atoms with van der Waals surface area (Å²) in [4.78, 5) is 19.7. The van der Waals surface area contributed by atoms with Crippen LogP contribution in [0, 0.1) is 11.6 Å². The lowest BCUT2D eigenvalue weighted by Gasteiger charge is -2.05. The van der Waals surface area contributed by atoms with Crippen LogP contribution in [0.2, 0.25) is 0 Å². The van der Waals surface area contributed by atoms with E-state index in [0.717, 1.165) is 12.3 Å². The molecule has 0 bridgehead atoms. The highest BCUT2D eigenvalue weighted by atomic mass is 19.1. The summed E-state index contributed by atoms with van der Waals surface area (Å²) in [5.41, 5.74) is 1.21. The number of aromatic nitrogens is 4. The van der Waals surface area contributed by atoms with Crippen LogP contribution in [0.3, 0.4) is 0 Å². The van der Waals surface area contributed by atoms with Gasteiger partial charge in [0.1, 0.15) is 17.2 Å². The third-order valence-electron chi connectivity index (χ3n) is 3.10. The molecule has 2 aromatic heterocycles. The summed E-state index contributed by atoms with van der Waals surface area (Å²) in [6.45, 7) is 0.116. The summed E-state index contributed by atoms with van der Waals surface area (Å²) >= 11 is 0. The Morgan fingerprint density at radius 1 is 1.13 bits per heavy atom. The van der Waals surface area contributed by atoms with Crippen LogP contribution in [-0.2, 0) is 6.42 Å². The van der Waals surface area contributed by atoms with Gasteiger partial charge in [-0.25, -0.2) is 13.8 Å². The molecule has 3 aromatic rings. The zero-order valence-corrected chi connectivity index (χ0v) is 11.8. The van der Waals surface area contributed by atoms with Gasteiger partial charge in [-0.3, -0.25) is 9.78 Å². The summed E-state index contributed by atoms with van der Waals surface area (Å²) in [6, 6.07) is 7.78. The van der Waals surface area contributed by atoms with Crippen molar-refractivity contribution in [2.24, 2.45) is 0 Å². The highest BCUT2D eigenvalue weighted by Gasteiger charge is 2.11. The predicted molar refractivity (Wildman–Crippen MR) is 77.5 cm³/mol. The Labute approximate surface area is 129 Å². The number of rotatable bonds is 4. The monoisotopic (exact) mass is 315 g/mol. The van der Waals surface area contributed by atoms with Crippen LogP contribution in [0.5, 0.6) is 0 Å². The second kappa shape index (κ2) is 6.39. The van der Waals surface area contributed by atoms with Crippen LogP contribution >= 0.6 is 0 Å². The minimum absolute atomic E-state index is 0.0729. The Bertz CT molecular complexity index is 871. The SMILES string of the molecule is O=C(NCCc1ncc(F)cc1F)c1nnc2ccccc2n1. The lowest BCUT2D eigenvalue weighted by Crippen LogP contribution is -2.28. The first-order chi connectivity index (χ1) is 11.1. The van der Waals surface area contributed by atoms with Gasteiger partial charge in [-0.15, -0.1) is 10.2 Å². The van der Waals surface area contributed by atoms with E-state index in [1.165, 1.54) is 0 Å². The smallest absolute Gasteiger partial charge is 0.291 e. The highest BCUT2D eigenvalue weighted by Crippen LogP contribution is 2.07. The molecular weight excluding hydrogens is 304 g/mol. The average molecular weight is 315 g/mol. The number of benzene rings is 1. The Balaban J connectivity index is 1.64. The molecule has 0 saturated heterocycles. The third-order valence-corrected chi connectivity index (χ3v) is 3.10. The van der Waals surface area contributed by atoms with E-state index < -0.39 is 17.5 Å². The molecule has 3 rings (SSSR count). The Morgan fingerprint density at radius 3 is 2.70 bits per heavy atom. The maximum atomic E-state index is 13.4. The number of pyridine rings is 1. The van der Waals surface area contributed by atoms with Crippen molar-refractivity contribution in [3.8, 4) is 0 Å². The molecule has 0 fully saturated rings. The second-order valence-corrected chi connectivity index (χ2v) is 4.71. The number of nitrogens with zero attached hydrogens (tertiary/aromatic N) is 4. The molecule has 0 unspecified atom stereocenters. The van der Waals surface area contributed by atoms with Gasteiger partial charge in [0.25, 0.3) is 5.91 Å². The van der Waals surface area contributed by atoms with Gasteiger partial charge in [0, 0.05) is 19.0 Å². The minimum Gasteiger partial charge on any atom is -0.349 e. The maximum Gasteiger partial charge on any atom is 0.291 e. The van der Waals surface area contributed by atoms with Crippen molar-refractivity contribution in [3.05, 3.63) is 59.7 Å². The average Bonchev–Trinajstić information content (AvgIpc) is 2.56. The fourth-order valence-corrected chi connectivity index (χ4v) is 1.98. The Hall–Kier alpha value is -3.03. The standard InChI is InChI=1S/C15H11F2N5O/c16-9-7-10(17)11(19-8-9)5-6-18-15(23)14-20-12-3-1-2-4-13(12)21-22-14/h1-4,7-8H,5-6H2,(H,18,23). The van der Waals surface area contributed by atoms with Crippen LogP contribution in [0.1, 0.15) is 16.3 Å². The van der Waals surface area contributed by atoms with E-state index in [4.69, 9.17) is 0 Å². The van der Waals surface area contributed by atoms with Gasteiger partial charge in [-0.05, 0) is 12.1 Å². The first-order valence-corrected chi connectivity index (χ1v) is 6.81. The number of fused-ring (bicyclic) bond motifs is 1. The number of para-hydroxylation sites is 1. The largest absolute Gasteiger partial charge is 0.349 e. The fraction of sp³-hybridized carbons (Fsp3) is 0.133. The van der Waals surface area contributed by atoms with Gasteiger partial charge in [0.05, 0.1) is 17.4 Å². The topological polar surface area (TPSA) is 80.7 Å². The van der Waals surface area contributed by atoms with Gasteiger partial charge in [-0.1, -0.05) is 12.1 Å². The van der Waals surface area contributed by atoms with Crippen molar-refractivity contribution < 1.29 is 13.6 Å². The minimum atomic E-state index is -0.747. The highest BCUT2D eigenvalue weighted by molar-refractivity contribution is 5.91. The summed E-state index contributed by atoms with van der Waals surface area (Å²) < 4.78 is 26.2. The lowest BCUT2D eigenvalue weighted by molar-refractivity contribution is 0.0942. The van der Waals surface area contributed by atoms with E-state index in [1.54, 1.807) is 24.3 Å². The first kappa shape index (κ1) is 14.9. The van der Waals surface area contributed by atoms with E-state index >= 15 is 0 Å². The Kier molecular flexibility index (Phi) is 4.13. The van der Waals surface area contributed by atoms with E-state index in [0.29, 0.717) is 11.0 Å². The van der Waals surface area contributed by atoms with Crippen molar-refractivity contribution >= 4 is 16.9 Å².